The standard InChI is InChI=1S/C22H27N3O2S/c1-25(19-10-6-3-7-11-19)22(27)20(14-17-8-4-2-5-9-17)24-21(26)15-18-16-28-13-12-23-18/h2-11,18,20,23H,12-16H2,1H3,(H,24,26)/t18?,20-/m0/s1. The average molecular weight is 398 g/mol. The van der Waals surface area contributed by atoms with Crippen molar-refractivity contribution >= 4 is 29.3 Å². The van der Waals surface area contributed by atoms with Crippen LogP contribution in [-0.2, 0) is 16.0 Å². The number of carbonyl (C=O) groups excluding carboxylic acids is 2. The van der Waals surface area contributed by atoms with Gasteiger partial charge >= 0.3 is 0 Å². The number of para-hydroxylation sites is 1. The Labute approximate surface area is 170 Å². The van der Waals surface area contributed by atoms with E-state index in [1.54, 1.807) is 11.9 Å². The molecule has 1 fully saturated rings. The smallest absolute Gasteiger partial charge is 0.249 e. The second kappa shape index (κ2) is 10.3. The highest BCUT2D eigenvalue weighted by molar-refractivity contribution is 7.99. The minimum Gasteiger partial charge on any atom is -0.344 e. The van der Waals surface area contributed by atoms with Gasteiger partial charge in [-0.1, -0.05) is 48.5 Å². The van der Waals surface area contributed by atoms with E-state index in [1.165, 1.54) is 0 Å². The van der Waals surface area contributed by atoms with E-state index in [-0.39, 0.29) is 17.9 Å². The predicted octanol–water partition coefficient (Wildman–Crippen LogP) is 2.47. The fourth-order valence-corrected chi connectivity index (χ4v) is 4.24. The molecule has 148 valence electrons. The van der Waals surface area contributed by atoms with E-state index in [4.69, 9.17) is 0 Å². The summed E-state index contributed by atoms with van der Waals surface area (Å²) in [6.45, 7) is 0.922. The number of amides is 2. The Morgan fingerprint density at radius 1 is 1.14 bits per heavy atom. The van der Waals surface area contributed by atoms with Crippen molar-refractivity contribution in [2.75, 3.05) is 30.0 Å². The van der Waals surface area contributed by atoms with Crippen molar-refractivity contribution in [3.05, 3.63) is 66.2 Å². The fourth-order valence-electron chi connectivity index (χ4n) is 3.29. The number of hydrogen-bond acceptors (Lipinski definition) is 4. The molecule has 0 aromatic heterocycles. The zero-order valence-electron chi connectivity index (χ0n) is 16.1. The van der Waals surface area contributed by atoms with E-state index < -0.39 is 6.04 Å². The van der Waals surface area contributed by atoms with Gasteiger partial charge in [-0.25, -0.2) is 0 Å². The highest BCUT2D eigenvalue weighted by Crippen LogP contribution is 2.15. The van der Waals surface area contributed by atoms with Crippen molar-refractivity contribution < 1.29 is 9.59 Å². The van der Waals surface area contributed by atoms with Gasteiger partial charge in [0.15, 0.2) is 0 Å². The SMILES string of the molecule is CN(C(=O)[C@H](Cc1ccccc1)NC(=O)CC1CSCCN1)c1ccccc1. The molecule has 1 saturated heterocycles. The lowest BCUT2D eigenvalue weighted by Crippen LogP contribution is -2.50. The van der Waals surface area contributed by atoms with Gasteiger partial charge in [-0.15, -0.1) is 0 Å². The number of thioether (sulfide) groups is 1. The molecule has 2 amide bonds. The summed E-state index contributed by atoms with van der Waals surface area (Å²) in [4.78, 5) is 27.4. The van der Waals surface area contributed by atoms with Crippen molar-refractivity contribution in [1.82, 2.24) is 10.6 Å². The fraction of sp³-hybridized carbons (Fsp3) is 0.364. The monoisotopic (exact) mass is 397 g/mol. The zero-order chi connectivity index (χ0) is 19.8. The second-order valence-electron chi connectivity index (χ2n) is 6.97. The quantitative estimate of drug-likeness (QED) is 0.754. The Bertz CT molecular complexity index is 764. The Kier molecular flexibility index (Phi) is 7.51. The first-order valence-electron chi connectivity index (χ1n) is 9.60. The molecule has 0 saturated carbocycles. The molecular weight excluding hydrogens is 370 g/mol. The molecule has 2 aromatic rings. The van der Waals surface area contributed by atoms with Crippen LogP contribution in [0.2, 0.25) is 0 Å². The summed E-state index contributed by atoms with van der Waals surface area (Å²) >= 11 is 1.86. The first kappa shape index (κ1) is 20.4. The van der Waals surface area contributed by atoms with E-state index in [0.29, 0.717) is 12.8 Å². The maximum absolute atomic E-state index is 13.2. The highest BCUT2D eigenvalue weighted by atomic mass is 32.2. The molecule has 5 nitrogen and oxygen atoms in total. The summed E-state index contributed by atoms with van der Waals surface area (Å²) in [6.07, 6.45) is 0.857. The number of rotatable bonds is 7. The lowest BCUT2D eigenvalue weighted by Gasteiger charge is -2.27. The van der Waals surface area contributed by atoms with E-state index in [2.05, 4.69) is 10.6 Å². The lowest BCUT2D eigenvalue weighted by molar-refractivity contribution is -0.127. The summed E-state index contributed by atoms with van der Waals surface area (Å²) in [5.74, 6) is 1.80. The van der Waals surface area contributed by atoms with Crippen LogP contribution in [-0.4, -0.2) is 49.0 Å². The molecule has 2 N–H and O–H groups in total. The van der Waals surface area contributed by atoms with Gasteiger partial charge < -0.3 is 15.5 Å². The number of nitrogens with one attached hydrogen (secondary N) is 2. The molecule has 28 heavy (non-hydrogen) atoms. The number of nitrogens with zero attached hydrogens (tertiary/aromatic N) is 1. The van der Waals surface area contributed by atoms with Crippen molar-refractivity contribution in [3.63, 3.8) is 0 Å². The largest absolute Gasteiger partial charge is 0.344 e. The molecule has 6 heteroatoms. The van der Waals surface area contributed by atoms with E-state index in [9.17, 15) is 9.59 Å². The van der Waals surface area contributed by atoms with Gasteiger partial charge in [0, 0.05) is 49.7 Å². The van der Waals surface area contributed by atoms with Gasteiger partial charge in [-0.2, -0.15) is 11.8 Å². The van der Waals surface area contributed by atoms with Gasteiger partial charge in [0.2, 0.25) is 11.8 Å². The first-order chi connectivity index (χ1) is 13.6. The lowest BCUT2D eigenvalue weighted by atomic mass is 10.0. The minimum absolute atomic E-state index is 0.0873. The Hall–Kier alpha value is -2.31. The van der Waals surface area contributed by atoms with Crippen LogP contribution in [0.15, 0.2) is 60.7 Å². The van der Waals surface area contributed by atoms with Crippen molar-refractivity contribution in [3.8, 4) is 0 Å². The van der Waals surface area contributed by atoms with Crippen LogP contribution in [0.25, 0.3) is 0 Å². The third-order valence-electron chi connectivity index (χ3n) is 4.82. The van der Waals surface area contributed by atoms with Gasteiger partial charge in [-0.05, 0) is 17.7 Å². The normalized spacial score (nSPS) is 17.5. The van der Waals surface area contributed by atoms with Crippen LogP contribution in [0, 0.1) is 0 Å². The molecule has 2 atom stereocenters. The van der Waals surface area contributed by atoms with Crippen LogP contribution in [0.5, 0.6) is 0 Å². The highest BCUT2D eigenvalue weighted by Gasteiger charge is 2.26. The molecule has 0 aliphatic carbocycles. The summed E-state index contributed by atoms with van der Waals surface area (Å²) in [5.41, 5.74) is 1.83. The van der Waals surface area contributed by atoms with E-state index >= 15 is 0 Å². The van der Waals surface area contributed by atoms with Crippen LogP contribution in [0.3, 0.4) is 0 Å². The molecule has 1 aliphatic heterocycles. The Balaban J connectivity index is 1.70. The first-order valence-corrected chi connectivity index (χ1v) is 10.8. The third-order valence-corrected chi connectivity index (χ3v) is 5.95. The Morgan fingerprint density at radius 3 is 2.46 bits per heavy atom. The molecule has 0 bridgehead atoms. The third kappa shape index (κ3) is 5.84. The maximum atomic E-state index is 13.2. The maximum Gasteiger partial charge on any atom is 0.249 e. The van der Waals surface area contributed by atoms with Gasteiger partial charge in [0.05, 0.1) is 0 Å². The summed E-state index contributed by atoms with van der Waals surface area (Å²) < 4.78 is 0. The number of likely N-dealkylation sites (N-methyl/N-ethyl adjacent to an activating group) is 1. The van der Waals surface area contributed by atoms with E-state index in [0.717, 1.165) is 29.3 Å². The molecule has 0 radical (unpaired) electrons. The number of anilines is 1. The molecule has 1 aliphatic rings. The van der Waals surface area contributed by atoms with Gasteiger partial charge in [0.1, 0.15) is 6.04 Å². The van der Waals surface area contributed by atoms with Crippen molar-refractivity contribution in [2.24, 2.45) is 0 Å². The second-order valence-corrected chi connectivity index (χ2v) is 8.12. The number of benzene rings is 2. The van der Waals surface area contributed by atoms with Crippen molar-refractivity contribution in [2.45, 2.75) is 24.9 Å². The Morgan fingerprint density at radius 2 is 1.82 bits per heavy atom. The van der Waals surface area contributed by atoms with Crippen LogP contribution in [0.4, 0.5) is 5.69 Å². The molecule has 1 heterocycles. The molecule has 3 rings (SSSR count). The van der Waals surface area contributed by atoms with Crippen LogP contribution < -0.4 is 15.5 Å². The van der Waals surface area contributed by atoms with Gasteiger partial charge in [0.25, 0.3) is 0 Å². The zero-order valence-corrected chi connectivity index (χ0v) is 17.0. The predicted molar refractivity (Wildman–Crippen MR) is 116 cm³/mol. The van der Waals surface area contributed by atoms with E-state index in [1.807, 2.05) is 72.4 Å². The molecule has 2 aromatic carbocycles. The van der Waals surface area contributed by atoms with Crippen molar-refractivity contribution in [1.29, 1.82) is 0 Å². The molecule has 1 unspecified atom stereocenters. The number of hydrogen-bond donors (Lipinski definition) is 2. The van der Waals surface area contributed by atoms with Crippen LogP contribution in [0.1, 0.15) is 12.0 Å². The average Bonchev–Trinajstić information content (AvgIpc) is 2.74. The summed E-state index contributed by atoms with van der Waals surface area (Å²) in [5, 5.41) is 6.36. The topological polar surface area (TPSA) is 61.4 Å². The molecular formula is C22H27N3O2S. The molecule has 0 spiro atoms. The minimum atomic E-state index is -0.601. The summed E-state index contributed by atoms with van der Waals surface area (Å²) in [6, 6.07) is 18.9. The summed E-state index contributed by atoms with van der Waals surface area (Å²) in [7, 11) is 1.75. The van der Waals surface area contributed by atoms with Crippen LogP contribution >= 0.6 is 11.8 Å². The van der Waals surface area contributed by atoms with Gasteiger partial charge in [-0.3, -0.25) is 9.59 Å². The number of carbonyl (C=O) groups is 2.